The first-order valence-electron chi connectivity index (χ1n) is 13.8. The van der Waals surface area contributed by atoms with Crippen molar-refractivity contribution in [3.05, 3.63) is 41.6 Å². The summed E-state index contributed by atoms with van der Waals surface area (Å²) in [5, 5.41) is 9.87. The number of piperidine rings is 1. The third-order valence-corrected chi connectivity index (χ3v) is 8.10. The second-order valence-corrected chi connectivity index (χ2v) is 10.2. The maximum atomic E-state index is 13.5. The van der Waals surface area contributed by atoms with Crippen molar-refractivity contribution in [1.29, 1.82) is 0 Å². The molecule has 4 heterocycles. The fourth-order valence-electron chi connectivity index (χ4n) is 6.40. The van der Waals surface area contributed by atoms with Gasteiger partial charge in [-0.15, -0.1) is 0 Å². The van der Waals surface area contributed by atoms with Crippen LogP contribution < -0.4 is 0 Å². The second kappa shape index (κ2) is 12.0. The van der Waals surface area contributed by atoms with E-state index in [2.05, 4.69) is 40.7 Å². The van der Waals surface area contributed by atoms with Crippen molar-refractivity contribution in [2.45, 2.75) is 45.1 Å². The van der Waals surface area contributed by atoms with E-state index in [1.807, 2.05) is 6.07 Å². The van der Waals surface area contributed by atoms with E-state index < -0.39 is 11.9 Å². The van der Waals surface area contributed by atoms with Crippen LogP contribution in [-0.4, -0.2) is 85.8 Å². The molecule has 9 heteroatoms. The Bertz CT molecular complexity index is 1190. The van der Waals surface area contributed by atoms with Gasteiger partial charge in [0.15, 0.2) is 0 Å². The Morgan fingerprint density at radius 3 is 2.63 bits per heavy atom. The van der Waals surface area contributed by atoms with Crippen LogP contribution in [0.1, 0.15) is 49.9 Å². The van der Waals surface area contributed by atoms with Gasteiger partial charge in [-0.3, -0.25) is 9.69 Å². The average Bonchev–Trinajstić information content (AvgIpc) is 3.28. The van der Waals surface area contributed by atoms with Gasteiger partial charge in [-0.05, 0) is 49.9 Å². The van der Waals surface area contributed by atoms with Crippen molar-refractivity contribution in [3.63, 3.8) is 0 Å². The Morgan fingerprint density at radius 1 is 1.03 bits per heavy atom. The first kappa shape index (κ1) is 26.9. The van der Waals surface area contributed by atoms with E-state index in [0.717, 1.165) is 44.3 Å². The van der Waals surface area contributed by atoms with Gasteiger partial charge in [0.1, 0.15) is 18.9 Å². The lowest BCUT2D eigenvalue weighted by Crippen LogP contribution is -2.51. The highest BCUT2D eigenvalue weighted by Crippen LogP contribution is 2.57. The van der Waals surface area contributed by atoms with Crippen molar-refractivity contribution in [2.75, 3.05) is 59.3 Å². The van der Waals surface area contributed by atoms with E-state index in [9.17, 15) is 9.59 Å². The highest BCUT2D eigenvalue weighted by molar-refractivity contribution is 6.13. The Labute approximate surface area is 223 Å². The second-order valence-electron chi connectivity index (χ2n) is 10.2. The third kappa shape index (κ3) is 5.12. The number of carbonyl (C=O) groups excluding carboxylic acids is 2. The molecule has 3 aliphatic rings. The lowest BCUT2D eigenvalue weighted by Gasteiger charge is -2.53. The molecular weight excluding hydrogens is 488 g/mol. The molecule has 1 aromatic carbocycles. The number of ether oxygens (including phenoxy) is 4. The number of para-hydroxylation sites is 1. The molecule has 5 rings (SSSR count). The number of nitrogens with zero attached hydrogens (tertiary/aromatic N) is 2. The lowest BCUT2D eigenvalue weighted by molar-refractivity contribution is -0.148. The summed E-state index contributed by atoms with van der Waals surface area (Å²) in [5.41, 5.74) is 4.10. The molecule has 0 saturated carbocycles. The van der Waals surface area contributed by atoms with E-state index in [0.29, 0.717) is 18.9 Å². The van der Waals surface area contributed by atoms with E-state index in [1.54, 1.807) is 0 Å². The largest absolute Gasteiger partial charge is 0.463 e. The normalized spacial score (nSPS) is 22.2. The van der Waals surface area contributed by atoms with Gasteiger partial charge in [-0.25, -0.2) is 4.79 Å². The zero-order valence-electron chi connectivity index (χ0n) is 22.2. The minimum absolute atomic E-state index is 0.0154. The highest BCUT2D eigenvalue weighted by Gasteiger charge is 2.51. The molecule has 206 valence electrons. The molecule has 0 aliphatic carbocycles. The predicted octanol–water partition coefficient (Wildman–Crippen LogP) is 3.09. The Kier molecular flexibility index (Phi) is 8.48. The van der Waals surface area contributed by atoms with E-state index in [-0.39, 0.29) is 50.9 Å². The van der Waals surface area contributed by atoms with Crippen LogP contribution in [0.15, 0.2) is 30.3 Å². The zero-order chi connectivity index (χ0) is 26.5. The molecule has 0 amide bonds. The van der Waals surface area contributed by atoms with Gasteiger partial charge >= 0.3 is 11.9 Å². The van der Waals surface area contributed by atoms with Gasteiger partial charge < -0.3 is 28.6 Å². The molecule has 0 bridgehead atoms. The van der Waals surface area contributed by atoms with Crippen molar-refractivity contribution in [2.24, 2.45) is 5.41 Å². The first-order valence-corrected chi connectivity index (χ1v) is 13.8. The summed E-state index contributed by atoms with van der Waals surface area (Å²) in [5.74, 6) is -0.839. The molecule has 38 heavy (non-hydrogen) atoms. The molecule has 9 nitrogen and oxygen atoms in total. The monoisotopic (exact) mass is 526 g/mol. The van der Waals surface area contributed by atoms with Crippen molar-refractivity contribution >= 4 is 28.5 Å². The first-order chi connectivity index (χ1) is 18.6. The van der Waals surface area contributed by atoms with Gasteiger partial charge in [-0.2, -0.15) is 0 Å². The summed E-state index contributed by atoms with van der Waals surface area (Å²) in [6, 6.07) is 8.59. The van der Waals surface area contributed by atoms with E-state index in [4.69, 9.17) is 24.1 Å². The maximum Gasteiger partial charge on any atom is 0.355 e. The minimum atomic E-state index is -0.438. The van der Waals surface area contributed by atoms with Crippen molar-refractivity contribution in [1.82, 2.24) is 9.47 Å². The number of rotatable bonds is 13. The SMILES string of the molecule is CC[C@@]12C=C(C(=O)OCCC(=O)OCCOCCOCCO)n3c4c(c5ccccc53)CCN(CCC1)[C@H]42. The highest BCUT2D eigenvalue weighted by atomic mass is 16.6. The van der Waals surface area contributed by atoms with Gasteiger partial charge in [0.2, 0.25) is 0 Å². The molecular formula is C29H38N2O7. The summed E-state index contributed by atoms with van der Waals surface area (Å²) in [7, 11) is 0. The molecule has 0 spiro atoms. The topological polar surface area (TPSA) is 99.5 Å². The summed E-state index contributed by atoms with van der Waals surface area (Å²) < 4.78 is 23.4. The molecule has 0 unspecified atom stereocenters. The number of fused-ring (bicyclic) bond motifs is 3. The summed E-state index contributed by atoms with van der Waals surface area (Å²) in [4.78, 5) is 28.2. The van der Waals surface area contributed by atoms with Crippen molar-refractivity contribution < 1.29 is 33.6 Å². The van der Waals surface area contributed by atoms with Gasteiger partial charge in [0.25, 0.3) is 0 Å². The number of benzene rings is 1. The Hall–Kier alpha value is -2.72. The van der Waals surface area contributed by atoms with Crippen molar-refractivity contribution in [3.8, 4) is 0 Å². The molecule has 1 saturated heterocycles. The molecule has 1 fully saturated rings. The fourth-order valence-corrected chi connectivity index (χ4v) is 6.40. The molecule has 0 radical (unpaired) electrons. The van der Waals surface area contributed by atoms with Crippen LogP contribution in [0, 0.1) is 5.41 Å². The van der Waals surface area contributed by atoms with Crippen LogP contribution in [0.2, 0.25) is 0 Å². The van der Waals surface area contributed by atoms with E-state index in [1.165, 1.54) is 16.6 Å². The number of hydrogen-bond acceptors (Lipinski definition) is 8. The average molecular weight is 527 g/mol. The van der Waals surface area contributed by atoms with Crippen LogP contribution >= 0.6 is 0 Å². The maximum absolute atomic E-state index is 13.5. The van der Waals surface area contributed by atoms with Crippen LogP contribution in [-0.2, 0) is 35.0 Å². The van der Waals surface area contributed by atoms with Crippen LogP contribution in [0.3, 0.4) is 0 Å². The quantitative estimate of drug-likeness (QED) is 0.314. The predicted molar refractivity (Wildman–Crippen MR) is 141 cm³/mol. The van der Waals surface area contributed by atoms with Gasteiger partial charge in [0, 0.05) is 23.0 Å². The van der Waals surface area contributed by atoms with Crippen LogP contribution in [0.4, 0.5) is 0 Å². The molecule has 1 N–H and O–H groups in total. The number of aromatic nitrogens is 1. The molecule has 1 aromatic heterocycles. The standard InChI is InChI=1S/C29H38N2O7/c1-2-29-10-5-11-30-12-8-22-21-6-3-4-7-23(21)31(26(22)27(29)30)24(20-29)28(34)38-14-9-25(33)37-19-18-36-17-16-35-15-13-32/h3-4,6-7,20,27,32H,2,5,8-19H2,1H3/t27-,29+/m1/s1. The summed E-state index contributed by atoms with van der Waals surface area (Å²) in [6.45, 7) is 5.67. The van der Waals surface area contributed by atoms with Gasteiger partial charge in [-0.1, -0.05) is 25.1 Å². The molecule has 2 atom stereocenters. The zero-order valence-corrected chi connectivity index (χ0v) is 22.2. The Morgan fingerprint density at radius 2 is 1.82 bits per heavy atom. The summed E-state index contributed by atoms with van der Waals surface area (Å²) >= 11 is 0. The minimum Gasteiger partial charge on any atom is -0.463 e. The number of carbonyl (C=O) groups is 2. The third-order valence-electron chi connectivity index (χ3n) is 8.10. The number of aliphatic hydroxyl groups is 1. The van der Waals surface area contributed by atoms with Crippen LogP contribution in [0.25, 0.3) is 16.6 Å². The number of esters is 2. The lowest BCUT2D eigenvalue weighted by atomic mass is 9.66. The molecule has 2 aromatic rings. The Balaban J connectivity index is 1.24. The van der Waals surface area contributed by atoms with Gasteiger partial charge in [0.05, 0.1) is 51.0 Å². The van der Waals surface area contributed by atoms with E-state index >= 15 is 0 Å². The van der Waals surface area contributed by atoms with Crippen LogP contribution in [0.5, 0.6) is 0 Å². The number of aliphatic hydroxyl groups excluding tert-OH is 1. The fraction of sp³-hybridized carbons (Fsp3) is 0.586. The smallest absolute Gasteiger partial charge is 0.355 e. The number of hydrogen-bond donors (Lipinski definition) is 1. The summed E-state index contributed by atoms with van der Waals surface area (Å²) in [6.07, 6.45) is 6.24. The molecule has 3 aliphatic heterocycles.